The molecule has 3 aromatic carbocycles. The second kappa shape index (κ2) is 8.52. The highest BCUT2D eigenvalue weighted by atomic mass is 19.1. The van der Waals surface area contributed by atoms with Crippen LogP contribution in [0.15, 0.2) is 78.9 Å². The number of para-hydroxylation sites is 2. The van der Waals surface area contributed by atoms with Gasteiger partial charge < -0.3 is 9.88 Å². The second-order valence-corrected chi connectivity index (χ2v) is 6.69. The molecule has 0 aliphatic rings. The van der Waals surface area contributed by atoms with Crippen molar-refractivity contribution in [2.75, 3.05) is 0 Å². The lowest BCUT2D eigenvalue weighted by atomic mass is 10.2. The van der Waals surface area contributed by atoms with Crippen molar-refractivity contribution < 1.29 is 9.18 Å². The van der Waals surface area contributed by atoms with Gasteiger partial charge in [-0.05, 0) is 41.5 Å². The summed E-state index contributed by atoms with van der Waals surface area (Å²) >= 11 is 0. The monoisotopic (exact) mass is 385 g/mol. The van der Waals surface area contributed by atoms with E-state index in [-0.39, 0.29) is 18.3 Å². The maximum Gasteiger partial charge on any atom is 0.240 e. The largest absolute Gasteiger partial charge is 0.350 e. The second-order valence-electron chi connectivity index (χ2n) is 6.69. The Labute approximate surface area is 168 Å². The molecule has 1 aromatic heterocycles. The number of carbonyl (C=O) groups excluding carboxylic acids is 1. The minimum Gasteiger partial charge on any atom is -0.350 e. The van der Waals surface area contributed by atoms with E-state index in [4.69, 9.17) is 0 Å². The number of halogens is 1. The van der Waals surface area contributed by atoms with Crippen LogP contribution in [0.4, 0.5) is 4.39 Å². The van der Waals surface area contributed by atoms with Gasteiger partial charge in [0.15, 0.2) is 0 Å². The lowest BCUT2D eigenvalue weighted by Crippen LogP contribution is -2.27. The van der Waals surface area contributed by atoms with Crippen LogP contribution in [0.1, 0.15) is 17.0 Å². The number of carbonyl (C=O) groups is 1. The number of rotatable bonds is 6. The molecule has 5 heteroatoms. The van der Waals surface area contributed by atoms with Crippen molar-refractivity contribution in [1.29, 1.82) is 0 Å². The molecule has 0 unspecified atom stereocenters. The lowest BCUT2D eigenvalue weighted by molar-refractivity contribution is -0.121. The first kappa shape index (κ1) is 18.6. The summed E-state index contributed by atoms with van der Waals surface area (Å²) in [5.74, 6) is 0.290. The maximum absolute atomic E-state index is 13.0. The van der Waals surface area contributed by atoms with Gasteiger partial charge in [0.2, 0.25) is 5.91 Å². The Morgan fingerprint density at radius 2 is 1.66 bits per heavy atom. The number of benzene rings is 3. The standard InChI is InChI=1S/C24H20FN3O/c25-20-13-10-19(11-14-20)16-26-24(29)17-28-22-9-5-4-8-21(22)27-23(28)15-12-18-6-2-1-3-7-18/h1-15H,16-17H2,(H,26,29)/b15-12+. The third kappa shape index (κ3) is 4.58. The SMILES string of the molecule is O=C(Cn1c(/C=C/c2ccccc2)nc2ccccc21)NCc1ccc(F)cc1. The Balaban J connectivity index is 1.54. The molecule has 0 fully saturated rings. The molecule has 0 saturated carbocycles. The molecule has 0 atom stereocenters. The van der Waals surface area contributed by atoms with E-state index in [2.05, 4.69) is 10.3 Å². The highest BCUT2D eigenvalue weighted by Crippen LogP contribution is 2.18. The van der Waals surface area contributed by atoms with Crippen LogP contribution in [0.25, 0.3) is 23.2 Å². The van der Waals surface area contributed by atoms with Crippen LogP contribution in [0.3, 0.4) is 0 Å². The van der Waals surface area contributed by atoms with Crippen molar-refractivity contribution in [3.05, 3.63) is 102 Å². The number of aromatic nitrogens is 2. The van der Waals surface area contributed by atoms with Gasteiger partial charge in [-0.1, -0.05) is 60.7 Å². The lowest BCUT2D eigenvalue weighted by Gasteiger charge is -2.09. The van der Waals surface area contributed by atoms with E-state index in [0.29, 0.717) is 12.4 Å². The predicted molar refractivity (Wildman–Crippen MR) is 113 cm³/mol. The van der Waals surface area contributed by atoms with Crippen LogP contribution in [-0.2, 0) is 17.9 Å². The number of imidazole rings is 1. The molecule has 4 aromatic rings. The van der Waals surface area contributed by atoms with E-state index < -0.39 is 0 Å². The van der Waals surface area contributed by atoms with Gasteiger partial charge in [0.25, 0.3) is 0 Å². The minimum absolute atomic E-state index is 0.133. The fourth-order valence-electron chi connectivity index (χ4n) is 3.12. The number of hydrogen-bond donors (Lipinski definition) is 1. The highest BCUT2D eigenvalue weighted by molar-refractivity contribution is 5.83. The van der Waals surface area contributed by atoms with Crippen LogP contribution in [0, 0.1) is 5.82 Å². The fourth-order valence-corrected chi connectivity index (χ4v) is 3.12. The fraction of sp³-hybridized carbons (Fsp3) is 0.0833. The van der Waals surface area contributed by atoms with Crippen molar-refractivity contribution in [2.45, 2.75) is 13.1 Å². The Kier molecular flexibility index (Phi) is 5.47. The van der Waals surface area contributed by atoms with Gasteiger partial charge in [-0.15, -0.1) is 0 Å². The summed E-state index contributed by atoms with van der Waals surface area (Å²) in [6.45, 7) is 0.497. The molecule has 0 saturated heterocycles. The number of fused-ring (bicyclic) bond motifs is 1. The zero-order valence-corrected chi connectivity index (χ0v) is 15.8. The molecule has 1 N–H and O–H groups in total. The van der Waals surface area contributed by atoms with Crippen LogP contribution < -0.4 is 5.32 Å². The van der Waals surface area contributed by atoms with E-state index in [1.807, 2.05) is 71.3 Å². The van der Waals surface area contributed by atoms with Gasteiger partial charge >= 0.3 is 0 Å². The minimum atomic E-state index is -0.292. The normalized spacial score (nSPS) is 11.2. The summed E-state index contributed by atoms with van der Waals surface area (Å²) in [5, 5.41) is 2.89. The van der Waals surface area contributed by atoms with E-state index in [9.17, 15) is 9.18 Å². The Hall–Kier alpha value is -3.73. The molecule has 4 rings (SSSR count). The third-order valence-corrected chi connectivity index (χ3v) is 4.61. The Morgan fingerprint density at radius 3 is 2.45 bits per heavy atom. The predicted octanol–water partition coefficient (Wildman–Crippen LogP) is 4.66. The van der Waals surface area contributed by atoms with Gasteiger partial charge in [0, 0.05) is 6.54 Å². The highest BCUT2D eigenvalue weighted by Gasteiger charge is 2.12. The van der Waals surface area contributed by atoms with Crippen LogP contribution >= 0.6 is 0 Å². The molecule has 0 aliphatic carbocycles. The van der Waals surface area contributed by atoms with Gasteiger partial charge in [-0.25, -0.2) is 9.37 Å². The maximum atomic E-state index is 13.0. The number of nitrogens with one attached hydrogen (secondary N) is 1. The number of nitrogens with zero attached hydrogens (tertiary/aromatic N) is 2. The average Bonchev–Trinajstić information content (AvgIpc) is 3.10. The van der Waals surface area contributed by atoms with E-state index >= 15 is 0 Å². The summed E-state index contributed by atoms with van der Waals surface area (Å²) in [7, 11) is 0. The van der Waals surface area contributed by atoms with Crippen molar-refractivity contribution in [2.24, 2.45) is 0 Å². The summed E-state index contributed by atoms with van der Waals surface area (Å²) in [4.78, 5) is 17.2. The number of amides is 1. The summed E-state index contributed by atoms with van der Waals surface area (Å²) in [5.41, 5.74) is 3.65. The molecular formula is C24H20FN3O. The molecule has 1 heterocycles. The Bertz CT molecular complexity index is 1150. The van der Waals surface area contributed by atoms with Gasteiger partial charge in [0.05, 0.1) is 11.0 Å². The molecule has 0 radical (unpaired) electrons. The molecule has 29 heavy (non-hydrogen) atoms. The zero-order valence-electron chi connectivity index (χ0n) is 15.8. The summed E-state index contributed by atoms with van der Waals surface area (Å²) in [6.07, 6.45) is 3.90. The van der Waals surface area contributed by atoms with Gasteiger partial charge in [0.1, 0.15) is 18.2 Å². The summed E-state index contributed by atoms with van der Waals surface area (Å²) < 4.78 is 14.9. The number of hydrogen-bond acceptors (Lipinski definition) is 2. The smallest absolute Gasteiger partial charge is 0.240 e. The summed E-state index contributed by atoms with van der Waals surface area (Å²) in [6, 6.07) is 23.8. The first-order chi connectivity index (χ1) is 14.2. The van der Waals surface area contributed by atoms with Crippen molar-refractivity contribution in [1.82, 2.24) is 14.9 Å². The zero-order chi connectivity index (χ0) is 20.1. The molecule has 144 valence electrons. The van der Waals surface area contributed by atoms with Crippen LogP contribution in [0.2, 0.25) is 0 Å². The van der Waals surface area contributed by atoms with E-state index in [0.717, 1.165) is 22.2 Å². The topological polar surface area (TPSA) is 46.9 Å². The first-order valence-electron chi connectivity index (χ1n) is 9.38. The Morgan fingerprint density at radius 1 is 0.931 bits per heavy atom. The van der Waals surface area contributed by atoms with Crippen molar-refractivity contribution in [3.8, 4) is 0 Å². The van der Waals surface area contributed by atoms with E-state index in [1.165, 1.54) is 12.1 Å². The van der Waals surface area contributed by atoms with Crippen LogP contribution in [0.5, 0.6) is 0 Å². The third-order valence-electron chi connectivity index (χ3n) is 4.61. The molecule has 1 amide bonds. The average molecular weight is 385 g/mol. The van der Waals surface area contributed by atoms with Crippen molar-refractivity contribution >= 4 is 29.1 Å². The first-order valence-corrected chi connectivity index (χ1v) is 9.38. The molecule has 0 bridgehead atoms. The molecular weight excluding hydrogens is 365 g/mol. The molecule has 0 spiro atoms. The quantitative estimate of drug-likeness (QED) is 0.525. The van der Waals surface area contributed by atoms with Crippen LogP contribution in [-0.4, -0.2) is 15.5 Å². The van der Waals surface area contributed by atoms with E-state index in [1.54, 1.807) is 12.1 Å². The molecule has 4 nitrogen and oxygen atoms in total. The molecule has 0 aliphatic heterocycles. The van der Waals surface area contributed by atoms with Crippen molar-refractivity contribution in [3.63, 3.8) is 0 Å². The van der Waals surface area contributed by atoms with Gasteiger partial charge in [-0.2, -0.15) is 0 Å². The van der Waals surface area contributed by atoms with Gasteiger partial charge in [-0.3, -0.25) is 4.79 Å².